The first-order chi connectivity index (χ1) is 17.5. The van der Waals surface area contributed by atoms with Crippen LogP contribution in [0.4, 0.5) is 21.5 Å². The standard InChI is InChI=1S/C31H36FN3O/c1-4-7-11-21(10-5-2)22-14-16-23(17-15-22)31(36)35-30-25-19-18-24(20-29(25)34-27(30)6-3)33-28-13-9-8-12-26(28)32/h8-9,12-21,33-34H,4-7,10-11H2,1-3H3,(H,35,36). The maximum absolute atomic E-state index is 14.1. The molecule has 0 radical (unpaired) electrons. The second-order valence-electron chi connectivity index (χ2n) is 9.40. The molecule has 0 aliphatic rings. The fourth-order valence-electron chi connectivity index (χ4n) is 4.83. The van der Waals surface area contributed by atoms with E-state index in [1.165, 1.54) is 37.3 Å². The Morgan fingerprint density at radius 3 is 2.42 bits per heavy atom. The van der Waals surface area contributed by atoms with Gasteiger partial charge in [-0.25, -0.2) is 4.39 Å². The summed E-state index contributed by atoms with van der Waals surface area (Å²) in [7, 11) is 0. The number of aryl methyl sites for hydroxylation is 1. The Labute approximate surface area is 213 Å². The average molecular weight is 486 g/mol. The highest BCUT2D eigenvalue weighted by atomic mass is 19.1. The number of halogens is 1. The first kappa shape index (κ1) is 25.5. The van der Waals surface area contributed by atoms with Crippen LogP contribution in [-0.4, -0.2) is 10.9 Å². The summed E-state index contributed by atoms with van der Waals surface area (Å²) in [4.78, 5) is 16.6. The Hall–Kier alpha value is -3.60. The van der Waals surface area contributed by atoms with Gasteiger partial charge < -0.3 is 15.6 Å². The van der Waals surface area contributed by atoms with E-state index in [9.17, 15) is 9.18 Å². The molecule has 1 amide bonds. The molecule has 4 rings (SSSR count). The predicted molar refractivity (Wildman–Crippen MR) is 149 cm³/mol. The summed E-state index contributed by atoms with van der Waals surface area (Å²) in [6, 6.07) is 20.5. The molecule has 0 saturated heterocycles. The number of H-pyrrole nitrogens is 1. The Kier molecular flexibility index (Phi) is 8.42. The molecular formula is C31H36FN3O. The number of carbonyl (C=O) groups is 1. The third-order valence-corrected chi connectivity index (χ3v) is 6.81. The molecule has 1 atom stereocenters. The van der Waals surface area contributed by atoms with Crippen LogP contribution < -0.4 is 10.6 Å². The quantitative estimate of drug-likeness (QED) is 0.199. The van der Waals surface area contributed by atoms with Gasteiger partial charge in [-0.05, 0) is 73.2 Å². The number of fused-ring (bicyclic) bond motifs is 1. The molecule has 1 heterocycles. The normalized spacial score (nSPS) is 12.0. The topological polar surface area (TPSA) is 56.9 Å². The summed E-state index contributed by atoms with van der Waals surface area (Å²) in [6.07, 6.45) is 6.70. The van der Waals surface area contributed by atoms with E-state index in [1.54, 1.807) is 18.2 Å². The number of para-hydroxylation sites is 1. The third-order valence-electron chi connectivity index (χ3n) is 6.81. The zero-order chi connectivity index (χ0) is 25.5. The third kappa shape index (κ3) is 5.78. The number of rotatable bonds is 11. The lowest BCUT2D eigenvalue weighted by molar-refractivity contribution is 0.102. The highest BCUT2D eigenvalue weighted by Crippen LogP contribution is 2.32. The molecule has 0 fully saturated rings. The summed E-state index contributed by atoms with van der Waals surface area (Å²) in [5, 5.41) is 7.20. The van der Waals surface area contributed by atoms with Crippen LogP contribution in [0.1, 0.15) is 80.4 Å². The maximum Gasteiger partial charge on any atom is 0.255 e. The Balaban J connectivity index is 1.53. The first-order valence-corrected chi connectivity index (χ1v) is 13.1. The molecule has 3 N–H and O–H groups in total. The number of benzene rings is 3. The van der Waals surface area contributed by atoms with Gasteiger partial charge in [-0.2, -0.15) is 0 Å². The molecule has 0 spiro atoms. The number of hydrogen-bond donors (Lipinski definition) is 3. The smallest absolute Gasteiger partial charge is 0.255 e. The van der Waals surface area contributed by atoms with Crippen molar-refractivity contribution in [3.05, 3.63) is 89.4 Å². The van der Waals surface area contributed by atoms with Gasteiger partial charge in [0.15, 0.2) is 0 Å². The number of hydrogen-bond acceptors (Lipinski definition) is 2. The van der Waals surface area contributed by atoms with Crippen molar-refractivity contribution in [3.63, 3.8) is 0 Å². The van der Waals surface area contributed by atoms with Gasteiger partial charge in [0.05, 0.1) is 11.4 Å². The van der Waals surface area contributed by atoms with Crippen LogP contribution in [0.3, 0.4) is 0 Å². The number of nitrogens with one attached hydrogen (secondary N) is 3. The minimum absolute atomic E-state index is 0.119. The molecule has 0 bridgehead atoms. The summed E-state index contributed by atoms with van der Waals surface area (Å²) in [5.41, 5.74) is 5.81. The lowest BCUT2D eigenvalue weighted by Crippen LogP contribution is -2.13. The van der Waals surface area contributed by atoms with E-state index in [1.807, 2.05) is 30.3 Å². The van der Waals surface area contributed by atoms with E-state index >= 15 is 0 Å². The molecule has 1 aromatic heterocycles. The molecule has 0 aliphatic carbocycles. The lowest BCUT2D eigenvalue weighted by Gasteiger charge is -2.17. The van der Waals surface area contributed by atoms with Gasteiger partial charge in [0.1, 0.15) is 5.82 Å². The van der Waals surface area contributed by atoms with Crippen molar-refractivity contribution in [3.8, 4) is 0 Å². The number of anilines is 3. The second kappa shape index (κ2) is 11.9. The van der Waals surface area contributed by atoms with E-state index < -0.39 is 0 Å². The summed E-state index contributed by atoms with van der Waals surface area (Å²) >= 11 is 0. The summed E-state index contributed by atoms with van der Waals surface area (Å²) < 4.78 is 14.1. The van der Waals surface area contributed by atoms with Gasteiger partial charge in [0.25, 0.3) is 5.91 Å². The van der Waals surface area contributed by atoms with Crippen molar-refractivity contribution in [1.29, 1.82) is 0 Å². The van der Waals surface area contributed by atoms with Crippen LogP contribution in [0.2, 0.25) is 0 Å². The monoisotopic (exact) mass is 485 g/mol. The molecule has 1 unspecified atom stereocenters. The fourth-order valence-corrected chi connectivity index (χ4v) is 4.83. The van der Waals surface area contributed by atoms with Crippen LogP contribution in [0.15, 0.2) is 66.7 Å². The average Bonchev–Trinajstić information content (AvgIpc) is 3.24. The Morgan fingerprint density at radius 1 is 0.944 bits per heavy atom. The molecule has 0 saturated carbocycles. The number of aromatic amines is 1. The van der Waals surface area contributed by atoms with Crippen molar-refractivity contribution in [2.24, 2.45) is 0 Å². The minimum Gasteiger partial charge on any atom is -0.357 e. The van der Waals surface area contributed by atoms with Crippen molar-refractivity contribution in [2.45, 2.75) is 65.2 Å². The Bertz CT molecular complexity index is 1310. The van der Waals surface area contributed by atoms with Crippen LogP contribution in [0, 0.1) is 5.82 Å². The molecular weight excluding hydrogens is 449 g/mol. The largest absolute Gasteiger partial charge is 0.357 e. The van der Waals surface area contributed by atoms with E-state index in [4.69, 9.17) is 0 Å². The molecule has 0 aliphatic heterocycles. The van der Waals surface area contributed by atoms with Crippen molar-refractivity contribution in [1.82, 2.24) is 4.98 Å². The van der Waals surface area contributed by atoms with Crippen molar-refractivity contribution < 1.29 is 9.18 Å². The zero-order valence-electron chi connectivity index (χ0n) is 21.5. The van der Waals surface area contributed by atoms with Crippen LogP contribution >= 0.6 is 0 Å². The first-order valence-electron chi connectivity index (χ1n) is 13.1. The molecule has 4 aromatic rings. The molecule has 36 heavy (non-hydrogen) atoms. The van der Waals surface area contributed by atoms with Crippen LogP contribution in [-0.2, 0) is 6.42 Å². The fraction of sp³-hybridized carbons (Fsp3) is 0.323. The van der Waals surface area contributed by atoms with Gasteiger partial charge in [-0.15, -0.1) is 0 Å². The molecule has 188 valence electrons. The summed E-state index contributed by atoms with van der Waals surface area (Å²) in [6.45, 7) is 6.51. The van der Waals surface area contributed by atoms with Gasteiger partial charge in [0.2, 0.25) is 0 Å². The van der Waals surface area contributed by atoms with Gasteiger partial charge in [-0.3, -0.25) is 4.79 Å². The predicted octanol–water partition coefficient (Wildman–Crippen LogP) is 8.94. The van der Waals surface area contributed by atoms with Crippen LogP contribution in [0.25, 0.3) is 10.9 Å². The van der Waals surface area contributed by atoms with E-state index in [0.717, 1.165) is 40.8 Å². The second-order valence-corrected chi connectivity index (χ2v) is 9.40. The van der Waals surface area contributed by atoms with Gasteiger partial charge >= 0.3 is 0 Å². The maximum atomic E-state index is 14.1. The van der Waals surface area contributed by atoms with E-state index in [2.05, 4.69) is 48.5 Å². The van der Waals surface area contributed by atoms with Gasteiger partial charge in [0, 0.05) is 27.8 Å². The highest BCUT2D eigenvalue weighted by molar-refractivity contribution is 6.10. The zero-order valence-corrected chi connectivity index (χ0v) is 21.5. The molecule has 3 aromatic carbocycles. The Morgan fingerprint density at radius 2 is 1.72 bits per heavy atom. The lowest BCUT2D eigenvalue weighted by atomic mass is 9.89. The number of unbranched alkanes of at least 4 members (excludes halogenated alkanes) is 1. The van der Waals surface area contributed by atoms with E-state index in [-0.39, 0.29) is 11.7 Å². The molecule has 4 nitrogen and oxygen atoms in total. The van der Waals surface area contributed by atoms with E-state index in [0.29, 0.717) is 17.2 Å². The minimum atomic E-state index is -0.302. The molecule has 5 heteroatoms. The number of aromatic nitrogens is 1. The van der Waals surface area contributed by atoms with Crippen molar-refractivity contribution in [2.75, 3.05) is 10.6 Å². The highest BCUT2D eigenvalue weighted by Gasteiger charge is 2.16. The van der Waals surface area contributed by atoms with Crippen molar-refractivity contribution >= 4 is 33.9 Å². The van der Waals surface area contributed by atoms with Crippen LogP contribution in [0.5, 0.6) is 0 Å². The van der Waals surface area contributed by atoms with Gasteiger partial charge in [-0.1, -0.05) is 64.3 Å². The number of carbonyl (C=O) groups excluding carboxylic acids is 1. The SMILES string of the molecule is CCCCC(CCC)c1ccc(C(=O)Nc2c(CC)[nH]c3cc(Nc4ccccc4F)ccc23)cc1. The number of amides is 1. The summed E-state index contributed by atoms with van der Waals surface area (Å²) in [5.74, 6) is 0.134.